The molecule has 1 unspecified atom stereocenters. The van der Waals surface area contributed by atoms with Crippen molar-refractivity contribution in [1.82, 2.24) is 4.90 Å². The first-order valence-electron chi connectivity index (χ1n) is 4.93. The van der Waals surface area contributed by atoms with E-state index in [1.54, 1.807) is 0 Å². The summed E-state index contributed by atoms with van der Waals surface area (Å²) in [5.41, 5.74) is 0. The van der Waals surface area contributed by atoms with Gasteiger partial charge in [0.2, 0.25) is 0 Å². The summed E-state index contributed by atoms with van der Waals surface area (Å²) >= 11 is 0. The molecule has 0 aromatic rings. The SMILES string of the molecule is CC(C)CCN1CCCC1C=O. The number of nitrogens with zero attached hydrogens (tertiary/aromatic N) is 1. The van der Waals surface area contributed by atoms with Crippen LogP contribution in [0.3, 0.4) is 0 Å². The maximum Gasteiger partial charge on any atom is 0.137 e. The number of likely N-dealkylation sites (tertiary alicyclic amines) is 1. The Morgan fingerprint density at radius 1 is 1.58 bits per heavy atom. The van der Waals surface area contributed by atoms with Crippen molar-refractivity contribution in [2.24, 2.45) is 5.92 Å². The Morgan fingerprint density at radius 3 is 2.92 bits per heavy atom. The smallest absolute Gasteiger partial charge is 0.137 e. The van der Waals surface area contributed by atoms with E-state index in [4.69, 9.17) is 0 Å². The highest BCUT2D eigenvalue weighted by atomic mass is 16.1. The summed E-state index contributed by atoms with van der Waals surface area (Å²) in [7, 11) is 0. The maximum absolute atomic E-state index is 10.6. The van der Waals surface area contributed by atoms with E-state index in [0.717, 1.165) is 31.7 Å². The lowest BCUT2D eigenvalue weighted by molar-refractivity contribution is -0.111. The van der Waals surface area contributed by atoms with Crippen LogP contribution in [0.4, 0.5) is 0 Å². The molecule has 70 valence electrons. The minimum atomic E-state index is 0.226. The first-order valence-corrected chi connectivity index (χ1v) is 4.93. The molecule has 1 saturated heterocycles. The molecule has 1 heterocycles. The van der Waals surface area contributed by atoms with Crippen molar-refractivity contribution in [2.75, 3.05) is 13.1 Å². The molecule has 2 heteroatoms. The van der Waals surface area contributed by atoms with Crippen molar-refractivity contribution in [3.63, 3.8) is 0 Å². The van der Waals surface area contributed by atoms with E-state index in [2.05, 4.69) is 18.7 Å². The summed E-state index contributed by atoms with van der Waals surface area (Å²) in [6.45, 7) is 6.68. The molecule has 0 aromatic heterocycles. The first-order chi connectivity index (χ1) is 5.74. The molecule has 0 spiro atoms. The van der Waals surface area contributed by atoms with Crippen LogP contribution in [0.5, 0.6) is 0 Å². The molecule has 0 N–H and O–H groups in total. The molecule has 1 fully saturated rings. The molecule has 0 aromatic carbocycles. The summed E-state index contributed by atoms with van der Waals surface area (Å²) in [5.74, 6) is 0.748. The van der Waals surface area contributed by atoms with Gasteiger partial charge in [0.25, 0.3) is 0 Å². The first kappa shape index (κ1) is 9.72. The van der Waals surface area contributed by atoms with E-state index in [0.29, 0.717) is 0 Å². The molecule has 0 saturated carbocycles. The van der Waals surface area contributed by atoms with Gasteiger partial charge in [-0.3, -0.25) is 4.90 Å². The van der Waals surface area contributed by atoms with Crippen LogP contribution in [-0.4, -0.2) is 30.3 Å². The summed E-state index contributed by atoms with van der Waals surface area (Å²) in [6, 6.07) is 0.226. The van der Waals surface area contributed by atoms with Crippen molar-refractivity contribution < 1.29 is 4.79 Å². The van der Waals surface area contributed by atoms with E-state index in [-0.39, 0.29) is 6.04 Å². The second-order valence-corrected chi connectivity index (χ2v) is 4.06. The van der Waals surface area contributed by atoms with Gasteiger partial charge in [0.15, 0.2) is 0 Å². The highest BCUT2D eigenvalue weighted by molar-refractivity contribution is 5.58. The van der Waals surface area contributed by atoms with E-state index in [1.165, 1.54) is 12.8 Å². The molecular formula is C10H19NO. The third-order valence-corrected chi connectivity index (χ3v) is 2.56. The molecule has 12 heavy (non-hydrogen) atoms. The highest BCUT2D eigenvalue weighted by Crippen LogP contribution is 2.16. The average molecular weight is 169 g/mol. The van der Waals surface area contributed by atoms with Gasteiger partial charge in [0.1, 0.15) is 6.29 Å². The predicted octanol–water partition coefficient (Wildman–Crippen LogP) is 1.70. The number of hydrogen-bond donors (Lipinski definition) is 0. The lowest BCUT2D eigenvalue weighted by Gasteiger charge is -2.20. The summed E-state index contributed by atoms with van der Waals surface area (Å²) in [6.07, 6.45) is 4.58. The standard InChI is InChI=1S/C10H19NO/c1-9(2)5-7-11-6-3-4-10(11)8-12/h8-10H,3-7H2,1-2H3. The minimum absolute atomic E-state index is 0.226. The Balaban J connectivity index is 2.26. The van der Waals surface area contributed by atoms with Gasteiger partial charge >= 0.3 is 0 Å². The quantitative estimate of drug-likeness (QED) is 0.597. The fourth-order valence-electron chi connectivity index (χ4n) is 1.71. The van der Waals surface area contributed by atoms with Gasteiger partial charge in [-0.25, -0.2) is 0 Å². The molecule has 2 nitrogen and oxygen atoms in total. The maximum atomic E-state index is 10.6. The van der Waals surface area contributed by atoms with Crippen molar-refractivity contribution in [1.29, 1.82) is 0 Å². The van der Waals surface area contributed by atoms with Gasteiger partial charge < -0.3 is 4.79 Å². The van der Waals surface area contributed by atoms with Gasteiger partial charge in [0, 0.05) is 0 Å². The Bertz CT molecular complexity index is 145. The third kappa shape index (κ3) is 2.59. The number of carbonyl (C=O) groups is 1. The Morgan fingerprint density at radius 2 is 2.33 bits per heavy atom. The van der Waals surface area contributed by atoms with Crippen LogP contribution in [0.2, 0.25) is 0 Å². The monoisotopic (exact) mass is 169 g/mol. The zero-order chi connectivity index (χ0) is 8.97. The van der Waals surface area contributed by atoms with Crippen molar-refractivity contribution in [3.05, 3.63) is 0 Å². The molecule has 0 aliphatic carbocycles. The molecule has 0 bridgehead atoms. The summed E-state index contributed by atoms with van der Waals surface area (Å²) < 4.78 is 0. The second kappa shape index (κ2) is 4.61. The van der Waals surface area contributed by atoms with E-state index in [1.807, 2.05) is 0 Å². The lowest BCUT2D eigenvalue weighted by atomic mass is 10.1. The molecule has 1 aliphatic heterocycles. The fourth-order valence-corrected chi connectivity index (χ4v) is 1.71. The van der Waals surface area contributed by atoms with Crippen molar-refractivity contribution in [2.45, 2.75) is 39.2 Å². The summed E-state index contributed by atoms with van der Waals surface area (Å²) in [5, 5.41) is 0. The summed E-state index contributed by atoms with van der Waals surface area (Å²) in [4.78, 5) is 12.9. The van der Waals surface area contributed by atoms with Crippen LogP contribution in [0, 0.1) is 5.92 Å². The zero-order valence-electron chi connectivity index (χ0n) is 8.12. The molecule has 1 rings (SSSR count). The highest BCUT2D eigenvalue weighted by Gasteiger charge is 2.22. The van der Waals surface area contributed by atoms with Crippen LogP contribution in [0.15, 0.2) is 0 Å². The second-order valence-electron chi connectivity index (χ2n) is 4.06. The molecular weight excluding hydrogens is 150 g/mol. The van der Waals surface area contributed by atoms with Gasteiger partial charge in [0.05, 0.1) is 6.04 Å². The third-order valence-electron chi connectivity index (χ3n) is 2.56. The number of aldehydes is 1. The Hall–Kier alpha value is -0.370. The van der Waals surface area contributed by atoms with Crippen LogP contribution in [0.1, 0.15) is 33.1 Å². The lowest BCUT2D eigenvalue weighted by Crippen LogP contribution is -2.31. The topological polar surface area (TPSA) is 20.3 Å². The Labute approximate surface area is 74.9 Å². The Kier molecular flexibility index (Phi) is 3.73. The van der Waals surface area contributed by atoms with Crippen molar-refractivity contribution in [3.8, 4) is 0 Å². The molecule has 1 atom stereocenters. The number of rotatable bonds is 4. The van der Waals surface area contributed by atoms with Crippen LogP contribution >= 0.6 is 0 Å². The average Bonchev–Trinajstić information content (AvgIpc) is 2.47. The number of carbonyl (C=O) groups excluding carboxylic acids is 1. The molecule has 0 radical (unpaired) electrons. The van der Waals surface area contributed by atoms with Crippen LogP contribution in [0.25, 0.3) is 0 Å². The van der Waals surface area contributed by atoms with Crippen LogP contribution < -0.4 is 0 Å². The molecule has 0 amide bonds. The number of hydrogen-bond acceptors (Lipinski definition) is 2. The van der Waals surface area contributed by atoms with E-state index in [9.17, 15) is 4.79 Å². The normalized spacial score (nSPS) is 25.1. The predicted molar refractivity (Wildman–Crippen MR) is 50.1 cm³/mol. The molecule has 1 aliphatic rings. The zero-order valence-corrected chi connectivity index (χ0v) is 8.12. The van der Waals surface area contributed by atoms with Gasteiger partial charge in [-0.15, -0.1) is 0 Å². The van der Waals surface area contributed by atoms with Crippen molar-refractivity contribution >= 4 is 6.29 Å². The van der Waals surface area contributed by atoms with Gasteiger partial charge in [-0.1, -0.05) is 13.8 Å². The van der Waals surface area contributed by atoms with Gasteiger partial charge in [-0.2, -0.15) is 0 Å². The van der Waals surface area contributed by atoms with E-state index < -0.39 is 0 Å². The van der Waals surface area contributed by atoms with Crippen LogP contribution in [-0.2, 0) is 4.79 Å². The minimum Gasteiger partial charge on any atom is -0.302 e. The fraction of sp³-hybridized carbons (Fsp3) is 0.900. The van der Waals surface area contributed by atoms with Gasteiger partial charge in [-0.05, 0) is 38.3 Å². The van der Waals surface area contributed by atoms with E-state index >= 15 is 0 Å². The largest absolute Gasteiger partial charge is 0.302 e.